The molecule has 1 amide bonds. The summed E-state index contributed by atoms with van der Waals surface area (Å²) in [6.45, 7) is 26.4. The van der Waals surface area contributed by atoms with Gasteiger partial charge in [-0.1, -0.05) is 57.1 Å². The lowest BCUT2D eigenvalue weighted by Gasteiger charge is -2.42. The molecule has 2 spiro atoms. The van der Waals surface area contributed by atoms with Gasteiger partial charge in [0.1, 0.15) is 42.6 Å². The highest BCUT2D eigenvalue weighted by Gasteiger charge is 2.51. The normalized spacial score (nSPS) is 25.0. The maximum absolute atomic E-state index is 12.7. The lowest BCUT2D eigenvalue weighted by atomic mass is 9.73. The van der Waals surface area contributed by atoms with Crippen LogP contribution >= 0.6 is 0 Å². The van der Waals surface area contributed by atoms with Gasteiger partial charge in [-0.3, -0.25) is 14.6 Å². The molecule has 23 nitrogen and oxygen atoms in total. The second-order valence-electron chi connectivity index (χ2n) is 33.1. The number of carbonyl (C=O) groups excluding carboxylic acids is 3. The van der Waals surface area contributed by atoms with Crippen molar-refractivity contribution < 1.29 is 38.2 Å². The predicted octanol–water partition coefficient (Wildman–Crippen LogP) is 14.9. The van der Waals surface area contributed by atoms with Gasteiger partial charge in [0.15, 0.2) is 29.0 Å². The number of fused-ring (bicyclic) bond motifs is 6. The number of nitriles is 1. The molecule has 0 bridgehead atoms. The Morgan fingerprint density at radius 1 is 0.661 bits per heavy atom. The summed E-state index contributed by atoms with van der Waals surface area (Å²) in [4.78, 5) is 74.0. The molecule has 5 fully saturated rings. The molecule has 5 saturated heterocycles. The van der Waals surface area contributed by atoms with Gasteiger partial charge in [-0.15, -0.1) is 5.10 Å². The number of aryl methyl sites for hydroxylation is 2. The quantitative estimate of drug-likeness (QED) is 0.0772. The SMILES string of the molecule is CO/N=C/c1ccc2c(c1)[C@@H](C)CCN2C1=NCc2nc(N3CCC4(CC3)CO[C@@H](C)[C@H]4N)cnc21.C[C@@H]1OCC2(CCN(c3cnc4c(N5CC[C@H](C)c6cc(C=O)ccc65)nn(C5CCCCO5)c4n3)CC2)[C@@H]1NC(=O)OC(C)(C)C.C[C@H]1CCCc2ccc(C#N)cc21.C[C@H]1CCCc2ccc(C=O)cc21. The van der Waals surface area contributed by atoms with E-state index in [0.29, 0.717) is 49.0 Å². The number of aromatic nitrogens is 6. The number of carbonyl (C=O) groups is 3. The van der Waals surface area contributed by atoms with Crippen LogP contribution in [-0.2, 0) is 43.2 Å². The van der Waals surface area contributed by atoms with Crippen LogP contribution in [0.2, 0.25) is 0 Å². The Hall–Kier alpha value is -9.21. The van der Waals surface area contributed by atoms with E-state index in [9.17, 15) is 14.4 Å². The smallest absolute Gasteiger partial charge is 0.407 e. The maximum Gasteiger partial charge on any atom is 0.407 e. The van der Waals surface area contributed by atoms with E-state index in [2.05, 4.69) is 107 Å². The van der Waals surface area contributed by atoms with Crippen LogP contribution < -0.4 is 30.7 Å². The number of aliphatic imine (C=N–C) groups is 1. The number of piperidine rings is 2. The van der Waals surface area contributed by atoms with Crippen LogP contribution in [0.5, 0.6) is 0 Å². The van der Waals surface area contributed by atoms with Crippen LogP contribution in [0.1, 0.15) is 252 Å². The van der Waals surface area contributed by atoms with Crippen molar-refractivity contribution in [2.75, 3.05) is 85.8 Å². The number of nitrogens with two attached hydrogens (primary N) is 1. The minimum atomic E-state index is -0.564. The number of nitrogens with one attached hydrogen (secondary N) is 1. The largest absolute Gasteiger partial charge is 0.444 e. The summed E-state index contributed by atoms with van der Waals surface area (Å²) in [6.07, 6.45) is 23.0. The predicted molar refractivity (Wildman–Crippen MR) is 425 cm³/mol. The molecule has 3 N–H and O–H groups in total. The molecule has 0 radical (unpaired) electrons. The molecule has 10 aliphatic rings. The molecule has 4 aromatic carbocycles. The summed E-state index contributed by atoms with van der Waals surface area (Å²) in [5, 5.41) is 21.0. The number of hydrogen-bond acceptors (Lipinski definition) is 21. The van der Waals surface area contributed by atoms with E-state index in [4.69, 9.17) is 64.8 Å². The average Bonchev–Trinajstić information content (AvgIpc) is 1.62. The topological polar surface area (TPSA) is 266 Å². The van der Waals surface area contributed by atoms with Crippen molar-refractivity contribution in [2.24, 2.45) is 26.7 Å². The average molecular weight is 1480 g/mol. The Morgan fingerprint density at radius 3 is 1.87 bits per heavy atom. The fourth-order valence-electron chi connectivity index (χ4n) is 18.2. The summed E-state index contributed by atoms with van der Waals surface area (Å²) >= 11 is 0. The third-order valence-electron chi connectivity index (χ3n) is 24.8. The highest BCUT2D eigenvalue weighted by Crippen LogP contribution is 2.47. The zero-order valence-electron chi connectivity index (χ0n) is 65.3. The number of alkyl carbamates (subject to hydrolysis) is 1. The van der Waals surface area contributed by atoms with Crippen LogP contribution in [0.15, 0.2) is 95.3 Å². The summed E-state index contributed by atoms with van der Waals surface area (Å²) < 4.78 is 25.7. The maximum atomic E-state index is 12.7. The monoisotopic (exact) mass is 1480 g/mol. The second kappa shape index (κ2) is 32.8. The number of ether oxygens (including phenoxy) is 4. The summed E-state index contributed by atoms with van der Waals surface area (Å²) in [5.41, 5.74) is 22.9. The van der Waals surface area contributed by atoms with Gasteiger partial charge in [-0.05, 0) is 242 Å². The molecular weight excluding hydrogens is 1370 g/mol. The van der Waals surface area contributed by atoms with Crippen molar-refractivity contribution in [1.82, 2.24) is 35.0 Å². The number of oxime groups is 1. The lowest BCUT2D eigenvalue weighted by molar-refractivity contribution is -0.0368. The molecule has 1 unspecified atom stereocenters. The van der Waals surface area contributed by atoms with E-state index >= 15 is 0 Å². The molecule has 576 valence electrons. The number of amidine groups is 1. The molecule has 3 aromatic heterocycles. The molecule has 2 aliphatic carbocycles. The number of hydrogen-bond donors (Lipinski definition) is 2. The van der Waals surface area contributed by atoms with Crippen molar-refractivity contribution in [3.8, 4) is 6.07 Å². The van der Waals surface area contributed by atoms with E-state index in [-0.39, 0.29) is 41.3 Å². The first kappa shape index (κ1) is 76.6. The van der Waals surface area contributed by atoms with E-state index in [1.807, 2.05) is 81.2 Å². The Bertz CT molecular complexity index is 4560. The van der Waals surface area contributed by atoms with Gasteiger partial charge in [0.25, 0.3) is 0 Å². The molecule has 0 saturated carbocycles. The van der Waals surface area contributed by atoms with Crippen LogP contribution in [0.3, 0.4) is 0 Å². The summed E-state index contributed by atoms with van der Waals surface area (Å²) in [7, 11) is 1.56. The first-order valence-corrected chi connectivity index (χ1v) is 39.9. The second-order valence-corrected chi connectivity index (χ2v) is 33.1. The van der Waals surface area contributed by atoms with E-state index in [1.165, 1.54) is 72.0 Å². The van der Waals surface area contributed by atoms with Gasteiger partial charge in [0, 0.05) is 85.2 Å². The van der Waals surface area contributed by atoms with Crippen molar-refractivity contribution in [1.29, 1.82) is 5.26 Å². The summed E-state index contributed by atoms with van der Waals surface area (Å²) in [6, 6.07) is 26.7. The number of benzene rings is 4. The van der Waals surface area contributed by atoms with Gasteiger partial charge in [0.2, 0.25) is 0 Å². The van der Waals surface area contributed by atoms with Gasteiger partial charge < -0.3 is 54.4 Å². The Balaban J connectivity index is 0.000000139. The molecule has 11 heterocycles. The van der Waals surface area contributed by atoms with E-state index < -0.39 is 11.7 Å². The van der Waals surface area contributed by atoms with Crippen LogP contribution in [0.4, 0.5) is 33.6 Å². The molecule has 7 aromatic rings. The molecule has 9 atom stereocenters. The molecule has 109 heavy (non-hydrogen) atoms. The van der Waals surface area contributed by atoms with E-state index in [0.717, 1.165) is 190 Å². The van der Waals surface area contributed by atoms with Crippen molar-refractivity contribution in [2.45, 2.75) is 225 Å². The van der Waals surface area contributed by atoms with Crippen LogP contribution in [-0.4, -0.2) is 157 Å². The van der Waals surface area contributed by atoms with Gasteiger partial charge >= 0.3 is 6.09 Å². The van der Waals surface area contributed by atoms with Gasteiger partial charge in [-0.2, -0.15) is 5.26 Å². The van der Waals surface area contributed by atoms with Gasteiger partial charge in [-0.25, -0.2) is 29.4 Å². The fourth-order valence-corrected chi connectivity index (χ4v) is 18.2. The molecular formula is C86H109N15O8. The van der Waals surface area contributed by atoms with E-state index in [1.54, 1.807) is 13.3 Å². The van der Waals surface area contributed by atoms with Crippen molar-refractivity contribution in [3.05, 3.63) is 152 Å². The van der Waals surface area contributed by atoms with Crippen molar-refractivity contribution in [3.63, 3.8) is 0 Å². The minimum absolute atomic E-state index is 0.0959. The number of nitrogens with zero attached hydrogens (tertiary/aromatic N) is 13. The zero-order valence-corrected chi connectivity index (χ0v) is 65.3. The summed E-state index contributed by atoms with van der Waals surface area (Å²) in [5.74, 6) is 5.51. The minimum Gasteiger partial charge on any atom is -0.444 e. The number of anilines is 5. The Morgan fingerprint density at radius 2 is 1.24 bits per heavy atom. The number of rotatable bonds is 9. The zero-order chi connectivity index (χ0) is 76.3. The first-order chi connectivity index (χ1) is 52.7. The Kier molecular flexibility index (Phi) is 23.0. The highest BCUT2D eigenvalue weighted by atomic mass is 16.6. The number of amides is 1. The third kappa shape index (κ3) is 16.2. The lowest BCUT2D eigenvalue weighted by Crippen LogP contribution is -2.55. The third-order valence-corrected chi connectivity index (χ3v) is 24.8. The fraction of sp³-hybridized carbons (Fsp3) is 0.547. The Labute approximate surface area is 641 Å². The van der Waals surface area contributed by atoms with Crippen molar-refractivity contribution >= 4 is 70.7 Å². The molecule has 8 aliphatic heterocycles. The number of aldehydes is 2. The highest BCUT2D eigenvalue weighted by molar-refractivity contribution is 6.11. The standard InChI is InChI=1S/C35H47N7O5.C27H35N7O2.C12H13N.C12H14O/c1-22-11-14-41(26-10-9-24(20-43)18-25(22)26)32-29-31(42(39-32)28-8-6-7-17-45-28)37-27(19-36-29)40-15-12-35(13-16-40)21-46-23(2)30(35)38-33(44)47-34(3,4)5;1-17-6-9-34(22-5-4-19(12-20(17)22)13-31-35-3)26-24-21(14-30-26)32-23(15-29-24)33-10-7-27(8-11-33)16-36-18(2)25(27)28;2*1-9-3-2-4-11-6-5-10(8-13)7-12(9)11/h9-10,18-20,22-23,28,30H,6-8,11-17,21H2,1-5H3,(H,38,44);4-5,12-13,15,17-18,25H,6-11,14,16,28H2,1-3H3;5-7,9H,2-4H2,1H3;5-9H,2-4H2,1H3/b;31-13+;;/t22-,23-,28?,30+;17-,18-,25+;2*9-/m0000/s1. The molecule has 23 heteroatoms. The molecule has 17 rings (SSSR count). The first-order valence-electron chi connectivity index (χ1n) is 39.9. The van der Waals surface area contributed by atoms with Crippen LogP contribution in [0, 0.1) is 22.2 Å². The van der Waals surface area contributed by atoms with Crippen LogP contribution in [0.25, 0.3) is 11.2 Å². The van der Waals surface area contributed by atoms with Gasteiger partial charge in [0.05, 0.1) is 73.9 Å².